The van der Waals surface area contributed by atoms with Crippen molar-refractivity contribution >= 4 is 28.4 Å². The van der Waals surface area contributed by atoms with Gasteiger partial charge in [-0.3, -0.25) is 9.97 Å². The monoisotopic (exact) mass is 451 g/mol. The van der Waals surface area contributed by atoms with Crippen molar-refractivity contribution in [3.05, 3.63) is 73.4 Å². The zero-order chi connectivity index (χ0) is 22.7. The Morgan fingerprint density at radius 1 is 0.824 bits per heavy atom. The smallest absolute Gasteiger partial charge is 0.227 e. The summed E-state index contributed by atoms with van der Waals surface area (Å²) in [4.78, 5) is 24.4. The van der Waals surface area contributed by atoms with Gasteiger partial charge in [-0.25, -0.2) is 15.0 Å². The Balaban J connectivity index is 1.24. The lowest BCUT2D eigenvalue weighted by atomic mass is 10.2. The fourth-order valence-corrected chi connectivity index (χ4v) is 3.89. The zero-order valence-electron chi connectivity index (χ0n) is 18.3. The van der Waals surface area contributed by atoms with E-state index in [4.69, 9.17) is 14.1 Å². The van der Waals surface area contributed by atoms with Gasteiger partial charge in [-0.05, 0) is 36.4 Å². The lowest BCUT2D eigenvalue weighted by Gasteiger charge is -2.28. The van der Waals surface area contributed by atoms with Gasteiger partial charge < -0.3 is 19.4 Å². The van der Waals surface area contributed by atoms with Crippen LogP contribution in [-0.4, -0.2) is 51.2 Å². The largest absolute Gasteiger partial charge is 0.436 e. The van der Waals surface area contributed by atoms with Crippen LogP contribution in [0.25, 0.3) is 33.8 Å². The van der Waals surface area contributed by atoms with Crippen LogP contribution in [0.2, 0.25) is 0 Å². The zero-order valence-corrected chi connectivity index (χ0v) is 18.3. The van der Waals surface area contributed by atoms with Crippen molar-refractivity contribution < 1.29 is 9.15 Å². The third-order valence-corrected chi connectivity index (χ3v) is 5.62. The highest BCUT2D eigenvalue weighted by molar-refractivity contribution is 5.80. The molecule has 0 saturated carbocycles. The van der Waals surface area contributed by atoms with E-state index in [9.17, 15) is 0 Å². The van der Waals surface area contributed by atoms with Gasteiger partial charge in [-0.1, -0.05) is 0 Å². The average molecular weight is 451 g/mol. The predicted octanol–water partition coefficient (Wildman–Crippen LogP) is 4.32. The second kappa shape index (κ2) is 8.87. The maximum Gasteiger partial charge on any atom is 0.227 e. The van der Waals surface area contributed by atoms with Gasteiger partial charge in [-0.15, -0.1) is 0 Å². The maximum absolute atomic E-state index is 5.95. The van der Waals surface area contributed by atoms with Gasteiger partial charge in [0.25, 0.3) is 0 Å². The van der Waals surface area contributed by atoms with E-state index in [0.29, 0.717) is 17.4 Å². The van der Waals surface area contributed by atoms with Crippen LogP contribution in [-0.2, 0) is 4.74 Å². The van der Waals surface area contributed by atoms with Crippen LogP contribution in [0.15, 0.2) is 77.9 Å². The van der Waals surface area contributed by atoms with Crippen LogP contribution < -0.4 is 10.2 Å². The molecule has 9 nitrogen and oxygen atoms in total. The van der Waals surface area contributed by atoms with E-state index in [1.807, 2.05) is 48.8 Å². The summed E-state index contributed by atoms with van der Waals surface area (Å²) in [7, 11) is 0. The highest BCUT2D eigenvalue weighted by Crippen LogP contribution is 2.28. The van der Waals surface area contributed by atoms with Gasteiger partial charge >= 0.3 is 0 Å². The third kappa shape index (κ3) is 4.16. The number of aromatic nitrogens is 5. The van der Waals surface area contributed by atoms with Crippen molar-refractivity contribution in [1.82, 2.24) is 24.9 Å². The van der Waals surface area contributed by atoms with Crippen molar-refractivity contribution in [3.8, 4) is 22.7 Å². The molecule has 34 heavy (non-hydrogen) atoms. The summed E-state index contributed by atoms with van der Waals surface area (Å²) in [5.41, 5.74) is 5.93. The van der Waals surface area contributed by atoms with E-state index in [0.717, 1.165) is 60.0 Å². The molecule has 1 N–H and O–H groups in total. The topological polar surface area (TPSA) is 102 Å². The van der Waals surface area contributed by atoms with Crippen LogP contribution in [0.1, 0.15) is 0 Å². The second-order valence-corrected chi connectivity index (χ2v) is 7.86. The summed E-state index contributed by atoms with van der Waals surface area (Å²) >= 11 is 0. The van der Waals surface area contributed by atoms with Crippen molar-refractivity contribution in [3.63, 3.8) is 0 Å². The highest BCUT2D eigenvalue weighted by Gasteiger charge is 2.13. The van der Waals surface area contributed by atoms with Gasteiger partial charge in [0.15, 0.2) is 5.58 Å². The molecule has 0 atom stereocenters. The SMILES string of the molecule is c1cc(-c2nc3ccc(Nc4nccc(-c5cncc(N6CCOCC6)c5)n4)cc3o2)ccn1. The summed E-state index contributed by atoms with van der Waals surface area (Å²) in [6.07, 6.45) is 8.86. The molecule has 1 aliphatic heterocycles. The average Bonchev–Trinajstić information content (AvgIpc) is 3.34. The first kappa shape index (κ1) is 20.3. The number of nitrogens with zero attached hydrogens (tertiary/aromatic N) is 6. The van der Waals surface area contributed by atoms with Crippen molar-refractivity contribution in [2.45, 2.75) is 0 Å². The molecule has 0 amide bonds. The molecule has 5 heterocycles. The van der Waals surface area contributed by atoms with E-state index >= 15 is 0 Å². The standard InChI is InChI=1S/C25H21N7O2/c1-2-22-23(34-24(30-22)17-3-6-26-7-4-17)14-19(1)29-25-28-8-5-21(31-25)18-13-20(16-27-15-18)32-9-11-33-12-10-32/h1-8,13-16H,9-12H2,(H,28,29,31). The van der Waals surface area contributed by atoms with Crippen LogP contribution in [0.5, 0.6) is 0 Å². The first-order valence-corrected chi connectivity index (χ1v) is 11.0. The molecule has 1 aromatic carbocycles. The number of morpholine rings is 1. The predicted molar refractivity (Wildman–Crippen MR) is 129 cm³/mol. The fraction of sp³-hybridized carbons (Fsp3) is 0.160. The minimum absolute atomic E-state index is 0.488. The number of hydrogen-bond donors (Lipinski definition) is 1. The molecular weight excluding hydrogens is 430 g/mol. The number of nitrogens with one attached hydrogen (secondary N) is 1. The van der Waals surface area contributed by atoms with Gasteiger partial charge in [0.2, 0.25) is 11.8 Å². The summed E-state index contributed by atoms with van der Waals surface area (Å²) in [6, 6.07) is 13.4. The Morgan fingerprint density at radius 3 is 2.59 bits per heavy atom. The second-order valence-electron chi connectivity index (χ2n) is 7.86. The van der Waals surface area contributed by atoms with E-state index in [1.54, 1.807) is 18.6 Å². The Bertz CT molecular complexity index is 1430. The van der Waals surface area contributed by atoms with Gasteiger partial charge in [-0.2, -0.15) is 0 Å². The molecule has 0 bridgehead atoms. The molecule has 0 aliphatic carbocycles. The molecule has 0 unspecified atom stereocenters. The number of hydrogen-bond acceptors (Lipinski definition) is 9. The number of pyridine rings is 2. The molecule has 0 radical (unpaired) electrons. The number of anilines is 3. The lowest BCUT2D eigenvalue weighted by molar-refractivity contribution is 0.122. The van der Waals surface area contributed by atoms with Crippen LogP contribution in [0, 0.1) is 0 Å². The molecule has 1 aliphatic rings. The number of rotatable bonds is 5. The van der Waals surface area contributed by atoms with Crippen LogP contribution in [0.4, 0.5) is 17.3 Å². The normalized spacial score (nSPS) is 13.8. The van der Waals surface area contributed by atoms with Gasteiger partial charge in [0.05, 0.1) is 30.8 Å². The minimum Gasteiger partial charge on any atom is -0.436 e. The Kier molecular flexibility index (Phi) is 5.29. The Morgan fingerprint density at radius 2 is 1.71 bits per heavy atom. The van der Waals surface area contributed by atoms with Crippen molar-refractivity contribution in [2.24, 2.45) is 0 Å². The molecule has 1 fully saturated rings. The summed E-state index contributed by atoms with van der Waals surface area (Å²) < 4.78 is 11.4. The fourth-order valence-electron chi connectivity index (χ4n) is 3.89. The van der Waals surface area contributed by atoms with Crippen LogP contribution >= 0.6 is 0 Å². The van der Waals surface area contributed by atoms with Crippen LogP contribution in [0.3, 0.4) is 0 Å². The summed E-state index contributed by atoms with van der Waals surface area (Å²) in [5, 5.41) is 3.27. The maximum atomic E-state index is 5.95. The van der Waals surface area contributed by atoms with E-state index < -0.39 is 0 Å². The molecule has 9 heteroatoms. The molecular formula is C25H21N7O2. The molecule has 168 valence electrons. The molecule has 6 rings (SSSR count). The third-order valence-electron chi connectivity index (χ3n) is 5.62. The van der Waals surface area contributed by atoms with Gasteiger partial charge in [0.1, 0.15) is 5.52 Å². The quantitative estimate of drug-likeness (QED) is 0.418. The van der Waals surface area contributed by atoms with E-state index in [-0.39, 0.29) is 0 Å². The Hall–Kier alpha value is -4.37. The number of oxazole rings is 1. The molecule has 0 spiro atoms. The van der Waals surface area contributed by atoms with Gasteiger partial charge in [0, 0.05) is 60.8 Å². The van der Waals surface area contributed by atoms with Crippen molar-refractivity contribution in [2.75, 3.05) is 36.5 Å². The lowest BCUT2D eigenvalue weighted by Crippen LogP contribution is -2.36. The first-order chi connectivity index (χ1) is 16.8. The summed E-state index contributed by atoms with van der Waals surface area (Å²) in [6.45, 7) is 3.17. The Labute approximate surface area is 195 Å². The molecule has 5 aromatic rings. The minimum atomic E-state index is 0.488. The van der Waals surface area contributed by atoms with E-state index in [2.05, 4.69) is 36.2 Å². The molecule has 1 saturated heterocycles. The number of ether oxygens (including phenoxy) is 1. The number of fused-ring (bicyclic) bond motifs is 1. The first-order valence-electron chi connectivity index (χ1n) is 11.0. The summed E-state index contributed by atoms with van der Waals surface area (Å²) in [5.74, 6) is 1.04. The van der Waals surface area contributed by atoms with Crippen molar-refractivity contribution in [1.29, 1.82) is 0 Å². The van der Waals surface area contributed by atoms with E-state index in [1.165, 1.54) is 0 Å². The highest BCUT2D eigenvalue weighted by atomic mass is 16.5. The number of benzene rings is 1. The molecule has 4 aromatic heterocycles.